The van der Waals surface area contributed by atoms with E-state index in [1.54, 1.807) is 0 Å². The fourth-order valence-electron chi connectivity index (χ4n) is 0.790. The third kappa shape index (κ3) is 5.57. The molecule has 0 bridgehead atoms. The molecule has 0 atom stereocenters. The minimum absolute atomic E-state index is 0. The summed E-state index contributed by atoms with van der Waals surface area (Å²) in [6.07, 6.45) is -4.49. The molecule has 1 aromatic rings. The van der Waals surface area contributed by atoms with Crippen LogP contribution >= 0.6 is 0 Å². The molecule has 0 aromatic heterocycles. The summed E-state index contributed by atoms with van der Waals surface area (Å²) in [7, 11) is 5.24. The number of benzene rings is 1. The minimum Gasteiger partial charge on any atom is -0.870 e. The Morgan fingerprint density at radius 2 is 1.75 bits per heavy atom. The summed E-state index contributed by atoms with van der Waals surface area (Å²) < 4.78 is 52.1. The second-order valence-electron chi connectivity index (χ2n) is 2.59. The molecule has 1 aromatic carbocycles. The summed E-state index contributed by atoms with van der Waals surface area (Å²) in [4.78, 5) is 0. The van der Waals surface area contributed by atoms with Gasteiger partial charge in [0.05, 0.1) is 0 Å². The maximum atomic E-state index is 12.8. The van der Waals surface area contributed by atoms with Gasteiger partial charge < -0.3 is 11.0 Å². The van der Waals surface area contributed by atoms with Gasteiger partial charge in [-0.05, 0) is 0 Å². The van der Waals surface area contributed by atoms with Crippen molar-refractivity contribution in [3.05, 3.63) is 24.0 Å². The molecule has 0 unspecified atom stereocenters. The van der Waals surface area contributed by atoms with Crippen LogP contribution in [-0.4, -0.2) is 31.6 Å². The summed E-state index contributed by atoms with van der Waals surface area (Å²) in [6, 6.07) is 3.18. The van der Waals surface area contributed by atoms with E-state index in [0.29, 0.717) is 0 Å². The average Bonchev–Trinajstić information content (AvgIpc) is 2.05. The second kappa shape index (κ2) is 6.34. The Hall–Kier alpha value is -1.28. The van der Waals surface area contributed by atoms with Crippen molar-refractivity contribution in [2.45, 2.75) is 6.18 Å². The van der Waals surface area contributed by atoms with Gasteiger partial charge in [-0.15, -0.1) is 0 Å². The Morgan fingerprint density at radius 3 is 2.25 bits per heavy atom. The van der Waals surface area contributed by atoms with Gasteiger partial charge in [-0.25, -0.2) is 0 Å². The Balaban J connectivity index is 0. The zero-order chi connectivity index (χ0) is 10.8. The summed E-state index contributed by atoms with van der Waals surface area (Å²) in [5.74, 6) is -1.37. The number of hydrogen-bond donors (Lipinski definition) is 0. The number of rotatable bonds is 2. The summed E-state index contributed by atoms with van der Waals surface area (Å²) in [5.41, 5.74) is 0.142. The standard InChI is InChI=1S/C8H5BF4O.2H2O/c9-5-1-2-6(10)7(3-5)14-4-8(11,12)13;;/h1-3H,4H2;2*1H2/q+2;;/p-2. The first-order chi connectivity index (χ1) is 6.38. The number of hydrogen-bond acceptors (Lipinski definition) is 3. The van der Waals surface area contributed by atoms with Gasteiger partial charge in [0.15, 0.2) is 0 Å². The van der Waals surface area contributed by atoms with Crippen LogP contribution in [0.25, 0.3) is 0 Å². The Morgan fingerprint density at radius 1 is 1.19 bits per heavy atom. The van der Waals surface area contributed by atoms with Crippen LogP contribution in [0.15, 0.2) is 18.2 Å². The van der Waals surface area contributed by atoms with Crippen molar-refractivity contribution in [2.24, 2.45) is 0 Å². The minimum atomic E-state index is -4.49. The van der Waals surface area contributed by atoms with E-state index in [1.165, 1.54) is 6.07 Å². The maximum Gasteiger partial charge on any atom is -0.870 e. The van der Waals surface area contributed by atoms with Crippen LogP contribution in [0.2, 0.25) is 0 Å². The fourth-order valence-corrected chi connectivity index (χ4v) is 0.790. The van der Waals surface area contributed by atoms with Crippen LogP contribution in [0.3, 0.4) is 0 Å². The molecule has 0 heterocycles. The molecule has 16 heavy (non-hydrogen) atoms. The molecule has 0 saturated carbocycles. The van der Waals surface area contributed by atoms with Gasteiger partial charge in [-0.3, -0.25) is 0 Å². The van der Waals surface area contributed by atoms with Gasteiger partial charge in [0.25, 0.3) is 0 Å². The van der Waals surface area contributed by atoms with Crippen LogP contribution in [0.5, 0.6) is 5.75 Å². The summed E-state index contributed by atoms with van der Waals surface area (Å²) >= 11 is 0. The fraction of sp³-hybridized carbons (Fsp3) is 0.250. The van der Waals surface area contributed by atoms with Gasteiger partial charge in [-0.2, -0.15) is 0 Å². The van der Waals surface area contributed by atoms with E-state index in [4.69, 9.17) is 7.85 Å². The van der Waals surface area contributed by atoms with Crippen LogP contribution in [-0.2, 0) is 0 Å². The van der Waals surface area contributed by atoms with Gasteiger partial charge >= 0.3 is 78.2 Å². The van der Waals surface area contributed by atoms with Crippen LogP contribution in [0, 0.1) is 5.82 Å². The van der Waals surface area contributed by atoms with Gasteiger partial charge in [0, 0.05) is 0 Å². The molecule has 2 N–H and O–H groups in total. The second-order valence-corrected chi connectivity index (χ2v) is 2.59. The molecule has 88 valence electrons. The van der Waals surface area contributed by atoms with E-state index >= 15 is 0 Å². The Bertz CT molecular complexity index is 330. The van der Waals surface area contributed by atoms with E-state index < -0.39 is 24.3 Å². The smallest absolute Gasteiger partial charge is 0.870 e. The topological polar surface area (TPSA) is 69.2 Å². The van der Waals surface area contributed by atoms with Crippen molar-refractivity contribution in [1.82, 2.24) is 0 Å². The third-order valence-corrected chi connectivity index (χ3v) is 1.35. The molecule has 0 aliphatic rings. The van der Waals surface area contributed by atoms with E-state index in [-0.39, 0.29) is 16.4 Å². The molecule has 8 heteroatoms. The van der Waals surface area contributed by atoms with Crippen molar-refractivity contribution in [3.63, 3.8) is 0 Å². The van der Waals surface area contributed by atoms with Crippen molar-refractivity contribution >= 4 is 13.3 Å². The Kier molecular flexibility index (Phi) is 6.79. The third-order valence-electron chi connectivity index (χ3n) is 1.35. The van der Waals surface area contributed by atoms with Gasteiger partial charge in [-0.1, -0.05) is 0 Å². The predicted octanol–water partition coefficient (Wildman–Crippen LogP) is 1.21. The molecule has 0 aliphatic carbocycles. The molecule has 0 saturated heterocycles. The molecular formula is C8H7BF4O3. The zero-order valence-electron chi connectivity index (χ0n) is 7.83. The van der Waals surface area contributed by atoms with E-state index in [1.807, 2.05) is 0 Å². The van der Waals surface area contributed by atoms with Crippen LogP contribution in [0.1, 0.15) is 0 Å². The molecule has 3 nitrogen and oxygen atoms in total. The molecule has 1 rings (SSSR count). The first-order valence-electron chi connectivity index (χ1n) is 3.63. The first kappa shape index (κ1) is 17.1. The summed E-state index contributed by atoms with van der Waals surface area (Å²) in [5, 5.41) is 0. The maximum absolute atomic E-state index is 12.8. The number of ether oxygens (including phenoxy) is 1. The average molecular weight is 238 g/mol. The van der Waals surface area contributed by atoms with E-state index in [0.717, 1.165) is 12.1 Å². The number of halogens is 4. The van der Waals surface area contributed by atoms with Crippen LogP contribution in [0.4, 0.5) is 17.6 Å². The predicted molar refractivity (Wildman–Crippen MR) is 47.2 cm³/mol. The van der Waals surface area contributed by atoms with E-state index in [2.05, 4.69) is 4.74 Å². The first-order valence-corrected chi connectivity index (χ1v) is 3.63. The monoisotopic (exact) mass is 238 g/mol. The Labute approximate surface area is 90.1 Å². The van der Waals surface area contributed by atoms with Crippen molar-refractivity contribution in [2.75, 3.05) is 6.61 Å². The molecule has 0 fully saturated rings. The van der Waals surface area contributed by atoms with Gasteiger partial charge in [0.1, 0.15) is 0 Å². The SMILES string of the molecule is [B+2]c1ccc(F)c(OCC(F)(F)F)c1.[OH-].[OH-]. The van der Waals surface area contributed by atoms with Crippen LogP contribution < -0.4 is 10.2 Å². The molecule has 0 spiro atoms. The molecule has 0 radical (unpaired) electrons. The largest absolute Gasteiger partial charge is 0.870 e. The molecular weight excluding hydrogens is 231 g/mol. The normalized spacial score (nSPS) is 10.1. The summed E-state index contributed by atoms with van der Waals surface area (Å²) in [6.45, 7) is -1.53. The van der Waals surface area contributed by atoms with E-state index in [9.17, 15) is 17.6 Å². The molecule has 0 aliphatic heterocycles. The van der Waals surface area contributed by atoms with Crippen molar-refractivity contribution < 1.29 is 33.3 Å². The quantitative estimate of drug-likeness (QED) is 0.574. The number of alkyl halides is 3. The van der Waals surface area contributed by atoms with Crippen molar-refractivity contribution in [3.8, 4) is 5.75 Å². The zero-order valence-corrected chi connectivity index (χ0v) is 7.83. The van der Waals surface area contributed by atoms with Gasteiger partial charge in [0.2, 0.25) is 0 Å². The molecule has 0 amide bonds. The van der Waals surface area contributed by atoms with Crippen molar-refractivity contribution in [1.29, 1.82) is 0 Å².